The molecule has 3 N–H and O–H groups in total. The Labute approximate surface area is 158 Å². The second-order valence-corrected chi connectivity index (χ2v) is 7.03. The number of carbonyl (C=O) groups excluding carboxylic acids is 1. The molecule has 0 aliphatic heterocycles. The highest BCUT2D eigenvalue weighted by atomic mass is 35.5. The summed E-state index contributed by atoms with van der Waals surface area (Å²) in [5, 5.41) is 4.20. The molecule has 4 aromatic rings. The zero-order valence-electron chi connectivity index (χ0n) is 13.4. The number of aromatic nitrogens is 2. The molecule has 1 amide bonds. The van der Waals surface area contributed by atoms with Crippen LogP contribution in [0.1, 0.15) is 9.67 Å². The summed E-state index contributed by atoms with van der Waals surface area (Å²) in [5.74, 6) is -0.268. The van der Waals surface area contributed by atoms with Crippen molar-refractivity contribution in [3.63, 3.8) is 0 Å². The van der Waals surface area contributed by atoms with E-state index < -0.39 is 0 Å². The number of pyridine rings is 2. The van der Waals surface area contributed by atoms with Crippen molar-refractivity contribution in [2.24, 2.45) is 0 Å². The minimum atomic E-state index is -0.268. The molecule has 0 fully saturated rings. The van der Waals surface area contributed by atoms with Crippen molar-refractivity contribution in [2.45, 2.75) is 0 Å². The second-order valence-electron chi connectivity index (χ2n) is 5.60. The number of carbonyl (C=O) groups is 1. The van der Waals surface area contributed by atoms with Gasteiger partial charge in [0.2, 0.25) is 0 Å². The number of nitrogen functional groups attached to an aromatic ring is 1. The van der Waals surface area contributed by atoms with Gasteiger partial charge in [-0.1, -0.05) is 11.6 Å². The van der Waals surface area contributed by atoms with Crippen molar-refractivity contribution in [3.8, 4) is 11.3 Å². The lowest BCUT2D eigenvalue weighted by atomic mass is 10.1. The Morgan fingerprint density at radius 1 is 1.12 bits per heavy atom. The summed E-state index contributed by atoms with van der Waals surface area (Å²) in [6.07, 6.45) is 3.46. The van der Waals surface area contributed by atoms with Gasteiger partial charge in [-0.3, -0.25) is 9.78 Å². The SMILES string of the molecule is Nc1c(C(=O)Nc2ccc(Cl)cc2)sc2nc(-c3cccnc3)ccc12. The predicted octanol–water partition coefficient (Wildman–Crippen LogP) is 4.85. The number of rotatable bonds is 3. The molecule has 0 saturated carbocycles. The van der Waals surface area contributed by atoms with Crippen molar-refractivity contribution in [2.75, 3.05) is 11.1 Å². The first-order valence-electron chi connectivity index (χ1n) is 7.78. The number of nitrogens with zero attached hydrogens (tertiary/aromatic N) is 2. The summed E-state index contributed by atoms with van der Waals surface area (Å²) >= 11 is 7.13. The smallest absolute Gasteiger partial charge is 0.267 e. The quantitative estimate of drug-likeness (QED) is 0.532. The Morgan fingerprint density at radius 3 is 2.65 bits per heavy atom. The number of thiophene rings is 1. The molecule has 7 heteroatoms. The normalized spacial score (nSPS) is 10.8. The Kier molecular flexibility index (Phi) is 4.28. The number of anilines is 2. The summed E-state index contributed by atoms with van der Waals surface area (Å²) in [5.41, 5.74) is 8.97. The van der Waals surface area contributed by atoms with Crippen molar-refractivity contribution < 1.29 is 4.79 Å². The molecule has 3 aromatic heterocycles. The summed E-state index contributed by atoms with van der Waals surface area (Å²) < 4.78 is 0. The Bertz CT molecular complexity index is 1090. The molecule has 0 bridgehead atoms. The number of benzene rings is 1. The van der Waals surface area contributed by atoms with Crippen LogP contribution >= 0.6 is 22.9 Å². The van der Waals surface area contributed by atoms with E-state index >= 15 is 0 Å². The summed E-state index contributed by atoms with van der Waals surface area (Å²) in [7, 11) is 0. The second kappa shape index (κ2) is 6.74. The fraction of sp³-hybridized carbons (Fsp3) is 0. The van der Waals surface area contributed by atoms with E-state index in [2.05, 4.69) is 15.3 Å². The zero-order chi connectivity index (χ0) is 18.1. The Hall–Kier alpha value is -2.96. The molecule has 4 rings (SSSR count). The fourth-order valence-electron chi connectivity index (χ4n) is 2.56. The van der Waals surface area contributed by atoms with Crippen molar-refractivity contribution in [1.29, 1.82) is 0 Å². The fourth-order valence-corrected chi connectivity index (χ4v) is 3.68. The molecule has 0 radical (unpaired) electrons. The molecular weight excluding hydrogens is 368 g/mol. The van der Waals surface area contributed by atoms with E-state index in [4.69, 9.17) is 17.3 Å². The van der Waals surface area contributed by atoms with Crippen molar-refractivity contribution in [3.05, 3.63) is 70.8 Å². The van der Waals surface area contributed by atoms with Gasteiger partial charge >= 0.3 is 0 Å². The lowest BCUT2D eigenvalue weighted by Crippen LogP contribution is -2.11. The number of fused-ring (bicyclic) bond motifs is 1. The van der Waals surface area contributed by atoms with Crippen molar-refractivity contribution >= 4 is 50.4 Å². The van der Waals surface area contributed by atoms with Gasteiger partial charge in [-0.25, -0.2) is 4.98 Å². The molecule has 3 heterocycles. The maximum Gasteiger partial charge on any atom is 0.267 e. The van der Waals surface area contributed by atoms with Crippen LogP contribution in [0, 0.1) is 0 Å². The standard InChI is InChI=1S/C19H13ClN4OS/c20-12-3-5-13(6-4-12)23-18(25)17-16(21)14-7-8-15(24-19(14)26-17)11-2-1-9-22-10-11/h1-10H,21H2,(H,23,25). The monoisotopic (exact) mass is 380 g/mol. The molecule has 5 nitrogen and oxygen atoms in total. The number of amides is 1. The molecule has 128 valence electrons. The largest absolute Gasteiger partial charge is 0.397 e. The molecule has 0 unspecified atom stereocenters. The van der Waals surface area contributed by atoms with Crippen LogP contribution in [0.3, 0.4) is 0 Å². The van der Waals surface area contributed by atoms with E-state index in [1.54, 1.807) is 36.7 Å². The van der Waals surface area contributed by atoms with Gasteiger partial charge in [0.15, 0.2) is 0 Å². The van der Waals surface area contributed by atoms with Gasteiger partial charge in [-0.15, -0.1) is 11.3 Å². The topological polar surface area (TPSA) is 80.9 Å². The predicted molar refractivity (Wildman–Crippen MR) is 107 cm³/mol. The van der Waals surface area contributed by atoms with Crippen LogP contribution in [0.4, 0.5) is 11.4 Å². The van der Waals surface area contributed by atoms with E-state index in [-0.39, 0.29) is 5.91 Å². The van der Waals surface area contributed by atoms with E-state index in [1.165, 1.54) is 11.3 Å². The first-order valence-corrected chi connectivity index (χ1v) is 8.97. The van der Waals surface area contributed by atoms with Gasteiger partial charge < -0.3 is 11.1 Å². The molecule has 0 spiro atoms. The number of nitrogens with two attached hydrogens (primary N) is 1. The minimum Gasteiger partial charge on any atom is -0.397 e. The Morgan fingerprint density at radius 2 is 1.92 bits per heavy atom. The van der Waals surface area contributed by atoms with E-state index in [0.717, 1.165) is 16.6 Å². The van der Waals surface area contributed by atoms with Gasteiger partial charge in [0.1, 0.15) is 9.71 Å². The number of hydrogen-bond acceptors (Lipinski definition) is 5. The first kappa shape index (κ1) is 16.5. The van der Waals surface area contributed by atoms with Gasteiger partial charge in [0, 0.05) is 34.1 Å². The third-order valence-corrected chi connectivity index (χ3v) is 5.23. The van der Waals surface area contributed by atoms with E-state index in [1.807, 2.05) is 24.3 Å². The number of nitrogens with one attached hydrogen (secondary N) is 1. The van der Waals surface area contributed by atoms with Crippen LogP contribution in [0.2, 0.25) is 5.02 Å². The third-order valence-electron chi connectivity index (χ3n) is 3.86. The molecular formula is C19H13ClN4OS. The van der Waals surface area contributed by atoms with Gasteiger partial charge in [0.05, 0.1) is 11.4 Å². The minimum absolute atomic E-state index is 0.268. The highest BCUT2D eigenvalue weighted by Gasteiger charge is 2.18. The Balaban J connectivity index is 1.68. The molecule has 0 aliphatic carbocycles. The van der Waals surface area contributed by atoms with Crippen LogP contribution in [-0.2, 0) is 0 Å². The molecule has 0 saturated heterocycles. The maximum absolute atomic E-state index is 12.6. The molecule has 1 aromatic carbocycles. The third kappa shape index (κ3) is 3.12. The van der Waals surface area contributed by atoms with Gasteiger partial charge in [0.25, 0.3) is 5.91 Å². The average molecular weight is 381 g/mol. The first-order chi connectivity index (χ1) is 12.6. The van der Waals surface area contributed by atoms with Crippen LogP contribution in [0.15, 0.2) is 60.9 Å². The highest BCUT2D eigenvalue weighted by Crippen LogP contribution is 2.34. The lowest BCUT2D eigenvalue weighted by molar-refractivity contribution is 0.103. The zero-order valence-corrected chi connectivity index (χ0v) is 15.0. The summed E-state index contributed by atoms with van der Waals surface area (Å²) in [6, 6.07) is 14.5. The van der Waals surface area contributed by atoms with Crippen molar-refractivity contribution in [1.82, 2.24) is 9.97 Å². The van der Waals surface area contributed by atoms with Crippen LogP contribution < -0.4 is 11.1 Å². The van der Waals surface area contributed by atoms with E-state index in [0.29, 0.717) is 26.1 Å². The average Bonchev–Trinajstić information content (AvgIpc) is 3.00. The van der Waals surface area contributed by atoms with Crippen LogP contribution in [0.25, 0.3) is 21.5 Å². The summed E-state index contributed by atoms with van der Waals surface area (Å²) in [4.78, 5) is 22.5. The van der Waals surface area contributed by atoms with Gasteiger partial charge in [-0.05, 0) is 48.5 Å². The molecule has 26 heavy (non-hydrogen) atoms. The summed E-state index contributed by atoms with van der Waals surface area (Å²) in [6.45, 7) is 0. The lowest BCUT2D eigenvalue weighted by Gasteiger charge is -2.04. The van der Waals surface area contributed by atoms with Crippen LogP contribution in [-0.4, -0.2) is 15.9 Å². The van der Waals surface area contributed by atoms with Crippen LogP contribution in [0.5, 0.6) is 0 Å². The molecule has 0 aliphatic rings. The van der Waals surface area contributed by atoms with Gasteiger partial charge in [-0.2, -0.15) is 0 Å². The number of halogens is 1. The highest BCUT2D eigenvalue weighted by molar-refractivity contribution is 7.21. The molecule has 0 atom stereocenters. The maximum atomic E-state index is 12.6. The van der Waals surface area contributed by atoms with E-state index in [9.17, 15) is 4.79 Å². The number of hydrogen-bond donors (Lipinski definition) is 2.